The first kappa shape index (κ1) is 18.1. The maximum Gasteiger partial charge on any atom is 0.260 e. The van der Waals surface area contributed by atoms with E-state index in [-0.39, 0.29) is 5.56 Å². The van der Waals surface area contributed by atoms with Crippen LogP contribution in [0.25, 0.3) is 21.8 Å². The van der Waals surface area contributed by atoms with Gasteiger partial charge in [-0.15, -0.1) is 11.3 Å². The monoisotopic (exact) mass is 393 g/mol. The van der Waals surface area contributed by atoms with Crippen LogP contribution >= 0.6 is 11.3 Å². The number of halogens is 1. The number of hydrogen-bond acceptors (Lipinski definition) is 5. The third-order valence-electron chi connectivity index (χ3n) is 4.36. The Bertz CT molecular complexity index is 1110. The van der Waals surface area contributed by atoms with Crippen LogP contribution in [0.1, 0.15) is 20.8 Å². The second-order valence-electron chi connectivity index (χ2n) is 6.28. The molecule has 0 fully saturated rings. The number of thiophene rings is 1. The van der Waals surface area contributed by atoms with Crippen LogP contribution in [0.15, 0.2) is 59.4 Å². The smallest absolute Gasteiger partial charge is 0.260 e. The molecule has 4 rings (SSSR count). The van der Waals surface area contributed by atoms with E-state index in [1.807, 2.05) is 25.1 Å². The zero-order valence-corrected chi connectivity index (χ0v) is 16.0. The number of anilines is 1. The van der Waals surface area contributed by atoms with Crippen LogP contribution in [0, 0.1) is 19.7 Å². The van der Waals surface area contributed by atoms with Crippen molar-refractivity contribution in [2.24, 2.45) is 0 Å². The third kappa shape index (κ3) is 3.44. The van der Waals surface area contributed by atoms with Crippen molar-refractivity contribution in [1.29, 1.82) is 0 Å². The van der Waals surface area contributed by atoms with E-state index in [4.69, 9.17) is 4.52 Å². The lowest BCUT2D eigenvalue weighted by Crippen LogP contribution is -2.16. The first-order valence-electron chi connectivity index (χ1n) is 8.57. The summed E-state index contributed by atoms with van der Waals surface area (Å²) in [7, 11) is 0. The largest absolute Gasteiger partial charge is 0.355 e. The second kappa shape index (κ2) is 7.36. The number of pyridine rings is 1. The van der Waals surface area contributed by atoms with E-state index in [0.717, 1.165) is 26.6 Å². The highest BCUT2D eigenvalue weighted by molar-refractivity contribution is 7.15. The zero-order valence-electron chi connectivity index (χ0n) is 15.2. The van der Waals surface area contributed by atoms with Gasteiger partial charge in [-0.25, -0.2) is 9.37 Å². The molecule has 0 saturated carbocycles. The number of benzene rings is 1. The standard InChI is InChI=1S/C21H16FN3O2S/c1-12-4-3-5-16(22)20(12)21(26)25-19-7-6-14(11-23-19)15-10-18(28-13(15)2)17-8-9-24-27-17/h3-11H,1-2H3,(H,23,25,26). The summed E-state index contributed by atoms with van der Waals surface area (Å²) in [5.41, 5.74) is 2.55. The minimum absolute atomic E-state index is 0.0266. The predicted octanol–water partition coefficient (Wildman–Crippen LogP) is 5.47. The Labute approximate surface area is 164 Å². The van der Waals surface area contributed by atoms with Crippen molar-refractivity contribution in [2.75, 3.05) is 5.32 Å². The van der Waals surface area contributed by atoms with Gasteiger partial charge in [-0.1, -0.05) is 17.3 Å². The maximum absolute atomic E-state index is 14.0. The van der Waals surface area contributed by atoms with Crippen LogP contribution in [0.5, 0.6) is 0 Å². The van der Waals surface area contributed by atoms with Gasteiger partial charge in [-0.2, -0.15) is 0 Å². The molecule has 140 valence electrons. The molecule has 0 radical (unpaired) electrons. The number of carbonyl (C=O) groups is 1. The number of nitrogens with zero attached hydrogens (tertiary/aromatic N) is 2. The molecule has 1 amide bonds. The van der Waals surface area contributed by atoms with E-state index in [1.165, 1.54) is 6.07 Å². The molecule has 0 spiro atoms. The molecule has 0 bridgehead atoms. The summed E-state index contributed by atoms with van der Waals surface area (Å²) >= 11 is 1.61. The first-order chi connectivity index (χ1) is 13.5. The van der Waals surface area contributed by atoms with Gasteiger partial charge in [-0.05, 0) is 49.2 Å². The fourth-order valence-electron chi connectivity index (χ4n) is 2.96. The number of hydrogen-bond donors (Lipinski definition) is 1. The molecule has 1 N–H and O–H groups in total. The summed E-state index contributed by atoms with van der Waals surface area (Å²) in [6.45, 7) is 3.72. The van der Waals surface area contributed by atoms with Gasteiger partial charge in [-0.3, -0.25) is 4.79 Å². The maximum atomic E-state index is 14.0. The Morgan fingerprint density at radius 2 is 2.04 bits per heavy atom. The summed E-state index contributed by atoms with van der Waals surface area (Å²) in [6, 6.07) is 12.0. The van der Waals surface area contributed by atoms with Crippen molar-refractivity contribution in [3.8, 4) is 21.8 Å². The molecule has 0 unspecified atom stereocenters. The minimum atomic E-state index is -0.553. The molecule has 3 aromatic heterocycles. The molecule has 3 heterocycles. The van der Waals surface area contributed by atoms with Crippen LogP contribution in [-0.2, 0) is 0 Å². The molecule has 0 aliphatic heterocycles. The zero-order chi connectivity index (χ0) is 19.7. The van der Waals surface area contributed by atoms with Gasteiger partial charge in [0, 0.05) is 22.7 Å². The van der Waals surface area contributed by atoms with E-state index in [9.17, 15) is 9.18 Å². The van der Waals surface area contributed by atoms with E-state index in [2.05, 4.69) is 15.5 Å². The summed E-state index contributed by atoms with van der Waals surface area (Å²) in [5.74, 6) is 0.00864. The van der Waals surface area contributed by atoms with Gasteiger partial charge >= 0.3 is 0 Å². The number of nitrogens with one attached hydrogen (secondary N) is 1. The SMILES string of the molecule is Cc1cccc(F)c1C(=O)Nc1ccc(-c2cc(-c3ccno3)sc2C)cn1. The molecule has 0 aliphatic rings. The van der Waals surface area contributed by atoms with Crippen molar-refractivity contribution in [2.45, 2.75) is 13.8 Å². The van der Waals surface area contributed by atoms with Gasteiger partial charge in [0.15, 0.2) is 5.76 Å². The Morgan fingerprint density at radius 1 is 1.18 bits per heavy atom. The fourth-order valence-corrected chi connectivity index (χ4v) is 3.96. The lowest BCUT2D eigenvalue weighted by Gasteiger charge is -2.08. The van der Waals surface area contributed by atoms with Crippen molar-refractivity contribution < 1.29 is 13.7 Å². The molecular weight excluding hydrogens is 377 g/mol. The van der Waals surface area contributed by atoms with Gasteiger partial charge < -0.3 is 9.84 Å². The topological polar surface area (TPSA) is 68.0 Å². The fraction of sp³-hybridized carbons (Fsp3) is 0.0952. The number of amides is 1. The van der Waals surface area contributed by atoms with Crippen molar-refractivity contribution in [3.05, 3.63) is 76.7 Å². The van der Waals surface area contributed by atoms with Crippen molar-refractivity contribution >= 4 is 23.1 Å². The van der Waals surface area contributed by atoms with E-state index in [1.54, 1.807) is 48.9 Å². The Kier molecular flexibility index (Phi) is 4.75. The summed E-state index contributed by atoms with van der Waals surface area (Å²) < 4.78 is 19.2. The van der Waals surface area contributed by atoms with Crippen LogP contribution in [0.2, 0.25) is 0 Å². The van der Waals surface area contributed by atoms with Crippen molar-refractivity contribution in [3.63, 3.8) is 0 Å². The third-order valence-corrected chi connectivity index (χ3v) is 5.43. The van der Waals surface area contributed by atoms with Gasteiger partial charge in [0.25, 0.3) is 5.91 Å². The normalized spacial score (nSPS) is 10.8. The number of aromatic nitrogens is 2. The summed E-state index contributed by atoms with van der Waals surface area (Å²) in [5, 5.41) is 6.39. The van der Waals surface area contributed by atoms with Crippen LogP contribution in [0.3, 0.4) is 0 Å². The molecule has 5 nitrogen and oxygen atoms in total. The Balaban J connectivity index is 1.56. The predicted molar refractivity (Wildman–Crippen MR) is 107 cm³/mol. The average Bonchev–Trinajstić information content (AvgIpc) is 3.32. The molecule has 7 heteroatoms. The molecule has 4 aromatic rings. The molecule has 0 saturated heterocycles. The highest BCUT2D eigenvalue weighted by Crippen LogP contribution is 2.36. The summed E-state index contributed by atoms with van der Waals surface area (Å²) in [4.78, 5) is 18.8. The second-order valence-corrected chi connectivity index (χ2v) is 7.53. The van der Waals surface area contributed by atoms with Gasteiger partial charge in [0.05, 0.1) is 16.6 Å². The number of aryl methyl sites for hydroxylation is 2. The minimum Gasteiger partial charge on any atom is -0.355 e. The Hall–Kier alpha value is -3.32. The van der Waals surface area contributed by atoms with E-state index in [0.29, 0.717) is 11.4 Å². The van der Waals surface area contributed by atoms with E-state index >= 15 is 0 Å². The highest BCUT2D eigenvalue weighted by Gasteiger charge is 2.16. The summed E-state index contributed by atoms with van der Waals surface area (Å²) in [6.07, 6.45) is 3.30. The Morgan fingerprint density at radius 3 is 2.71 bits per heavy atom. The van der Waals surface area contributed by atoms with Crippen LogP contribution < -0.4 is 5.32 Å². The average molecular weight is 393 g/mol. The lowest BCUT2D eigenvalue weighted by molar-refractivity contribution is 0.102. The number of rotatable bonds is 4. The quantitative estimate of drug-likeness (QED) is 0.499. The lowest BCUT2D eigenvalue weighted by atomic mass is 10.1. The van der Waals surface area contributed by atoms with Crippen molar-refractivity contribution in [1.82, 2.24) is 10.1 Å². The van der Waals surface area contributed by atoms with Gasteiger partial charge in [0.2, 0.25) is 0 Å². The van der Waals surface area contributed by atoms with Crippen LogP contribution in [-0.4, -0.2) is 16.0 Å². The molecule has 1 aromatic carbocycles. The molecule has 0 aliphatic carbocycles. The highest BCUT2D eigenvalue weighted by atomic mass is 32.1. The van der Waals surface area contributed by atoms with Gasteiger partial charge in [0.1, 0.15) is 11.6 Å². The molecular formula is C21H16FN3O2S. The van der Waals surface area contributed by atoms with E-state index < -0.39 is 11.7 Å². The van der Waals surface area contributed by atoms with Crippen LogP contribution in [0.4, 0.5) is 10.2 Å². The molecule has 28 heavy (non-hydrogen) atoms. The first-order valence-corrected chi connectivity index (χ1v) is 9.39. The molecule has 0 atom stereocenters. The number of carbonyl (C=O) groups excluding carboxylic acids is 1.